The number of amides is 1. The molecule has 1 aliphatic heterocycles. The van der Waals surface area contributed by atoms with Crippen molar-refractivity contribution >= 4 is 38.4 Å². The third-order valence-electron chi connectivity index (χ3n) is 5.92. The first-order chi connectivity index (χ1) is 15.8. The molecule has 2 heterocycles. The second-order valence-electron chi connectivity index (χ2n) is 8.18. The Kier molecular flexibility index (Phi) is 6.83. The summed E-state index contributed by atoms with van der Waals surface area (Å²) in [5.74, 6) is -0.384. The van der Waals surface area contributed by atoms with E-state index in [4.69, 9.17) is 11.6 Å². The Morgan fingerprint density at radius 3 is 2.76 bits per heavy atom. The molecule has 1 atom stereocenters. The van der Waals surface area contributed by atoms with Crippen molar-refractivity contribution in [2.24, 2.45) is 0 Å². The average Bonchev–Trinajstić information content (AvgIpc) is 2.80. The lowest BCUT2D eigenvalue weighted by Crippen LogP contribution is -2.41. The molecule has 8 nitrogen and oxygen atoms in total. The van der Waals surface area contributed by atoms with Crippen LogP contribution < -0.4 is 11.0 Å². The standard InChI is InChI=1S/C23H25ClN4O4S/c1-16-6-4-5-11-28(16)33(31,32)19-9-10-21-18(12-19)14-26-23(30)27(21)15-22(29)25-13-17-7-2-3-8-20(17)24/h2-3,7-10,12,14,16H,4-6,11,13,15H2,1H3,(H,25,29)/t16-/m0/s1. The monoisotopic (exact) mass is 488 g/mol. The van der Waals surface area contributed by atoms with E-state index in [9.17, 15) is 18.0 Å². The van der Waals surface area contributed by atoms with E-state index >= 15 is 0 Å². The normalized spacial score (nSPS) is 17.2. The molecular formula is C23H25ClN4O4S. The van der Waals surface area contributed by atoms with Crippen molar-refractivity contribution in [2.75, 3.05) is 6.54 Å². The Morgan fingerprint density at radius 2 is 2.00 bits per heavy atom. The van der Waals surface area contributed by atoms with Crippen LogP contribution in [-0.2, 0) is 27.9 Å². The van der Waals surface area contributed by atoms with Gasteiger partial charge in [-0.05, 0) is 49.6 Å². The van der Waals surface area contributed by atoms with Gasteiger partial charge in [0.2, 0.25) is 15.9 Å². The van der Waals surface area contributed by atoms with Gasteiger partial charge in [-0.15, -0.1) is 0 Å². The smallest absolute Gasteiger partial charge is 0.348 e. The molecule has 1 saturated heterocycles. The summed E-state index contributed by atoms with van der Waals surface area (Å²) in [7, 11) is -3.67. The lowest BCUT2D eigenvalue weighted by Gasteiger charge is -2.32. The highest BCUT2D eigenvalue weighted by molar-refractivity contribution is 7.89. The van der Waals surface area contributed by atoms with Gasteiger partial charge < -0.3 is 5.32 Å². The fraction of sp³-hybridized carbons (Fsp3) is 0.348. The van der Waals surface area contributed by atoms with Crippen molar-refractivity contribution in [3.63, 3.8) is 0 Å². The van der Waals surface area contributed by atoms with Crippen LogP contribution in [0.5, 0.6) is 0 Å². The van der Waals surface area contributed by atoms with Crippen molar-refractivity contribution in [3.05, 3.63) is 69.7 Å². The van der Waals surface area contributed by atoms with Gasteiger partial charge in [0.25, 0.3) is 0 Å². The van der Waals surface area contributed by atoms with Gasteiger partial charge in [0.15, 0.2) is 0 Å². The molecule has 0 radical (unpaired) electrons. The second-order valence-corrected chi connectivity index (χ2v) is 10.5. The first kappa shape index (κ1) is 23.4. The number of sulfonamides is 1. The van der Waals surface area contributed by atoms with Crippen LogP contribution in [0.2, 0.25) is 5.02 Å². The molecule has 1 amide bonds. The molecule has 2 aromatic carbocycles. The lowest BCUT2D eigenvalue weighted by atomic mass is 10.1. The van der Waals surface area contributed by atoms with Crippen molar-refractivity contribution < 1.29 is 13.2 Å². The number of nitrogens with one attached hydrogen (secondary N) is 1. The Labute approximate surface area is 197 Å². The predicted molar refractivity (Wildman–Crippen MR) is 127 cm³/mol. The van der Waals surface area contributed by atoms with Gasteiger partial charge in [-0.3, -0.25) is 9.36 Å². The van der Waals surface area contributed by atoms with E-state index < -0.39 is 15.7 Å². The lowest BCUT2D eigenvalue weighted by molar-refractivity contribution is -0.121. The van der Waals surface area contributed by atoms with Gasteiger partial charge >= 0.3 is 5.69 Å². The van der Waals surface area contributed by atoms with E-state index in [1.807, 2.05) is 13.0 Å². The van der Waals surface area contributed by atoms with Crippen LogP contribution in [0.4, 0.5) is 0 Å². The molecule has 0 saturated carbocycles. The summed E-state index contributed by atoms with van der Waals surface area (Å²) in [5.41, 5.74) is 0.613. The van der Waals surface area contributed by atoms with Crippen molar-refractivity contribution in [1.82, 2.24) is 19.2 Å². The zero-order valence-corrected chi connectivity index (χ0v) is 19.8. The number of rotatable bonds is 6. The predicted octanol–water partition coefficient (Wildman–Crippen LogP) is 2.93. The highest BCUT2D eigenvalue weighted by Crippen LogP contribution is 2.27. The minimum Gasteiger partial charge on any atom is -0.350 e. The molecule has 0 aliphatic carbocycles. The maximum atomic E-state index is 13.2. The highest BCUT2D eigenvalue weighted by atomic mass is 35.5. The zero-order chi connectivity index (χ0) is 23.6. The average molecular weight is 489 g/mol. The fourth-order valence-electron chi connectivity index (χ4n) is 4.09. The summed E-state index contributed by atoms with van der Waals surface area (Å²) in [4.78, 5) is 28.9. The molecule has 1 aliphatic rings. The van der Waals surface area contributed by atoms with Crippen LogP contribution in [0.25, 0.3) is 10.9 Å². The maximum absolute atomic E-state index is 13.2. The summed E-state index contributed by atoms with van der Waals surface area (Å²) in [5, 5.41) is 3.76. The molecule has 10 heteroatoms. The third-order valence-corrected chi connectivity index (χ3v) is 8.30. The number of hydrogen-bond donors (Lipinski definition) is 1. The van der Waals surface area contributed by atoms with Crippen molar-refractivity contribution in [2.45, 2.75) is 50.2 Å². The number of benzene rings is 2. The van der Waals surface area contributed by atoms with Gasteiger partial charge in [0.1, 0.15) is 6.54 Å². The molecule has 1 fully saturated rings. The van der Waals surface area contributed by atoms with Gasteiger partial charge in [0, 0.05) is 35.7 Å². The van der Waals surface area contributed by atoms with Crippen LogP contribution in [0, 0.1) is 0 Å². The number of hydrogen-bond acceptors (Lipinski definition) is 5. The SMILES string of the molecule is C[C@H]1CCCCN1S(=O)(=O)c1ccc2c(cnc(=O)n2CC(=O)NCc2ccccc2Cl)c1. The Hall–Kier alpha value is -2.75. The first-order valence-corrected chi connectivity index (χ1v) is 12.6. The molecule has 0 bridgehead atoms. The summed E-state index contributed by atoms with van der Waals surface area (Å²) in [6.07, 6.45) is 4.02. The molecule has 3 aromatic rings. The number of aromatic nitrogens is 2. The summed E-state index contributed by atoms with van der Waals surface area (Å²) < 4.78 is 29.1. The minimum absolute atomic E-state index is 0.0617. The first-order valence-electron chi connectivity index (χ1n) is 10.8. The topological polar surface area (TPSA) is 101 Å². The van der Waals surface area contributed by atoms with Crippen molar-refractivity contribution in [3.8, 4) is 0 Å². The van der Waals surface area contributed by atoms with Crippen LogP contribution in [0.3, 0.4) is 0 Å². The Bertz CT molecular complexity index is 1360. The number of carbonyl (C=O) groups excluding carboxylic acids is 1. The molecule has 4 rings (SSSR count). The largest absolute Gasteiger partial charge is 0.350 e. The second kappa shape index (κ2) is 9.62. The zero-order valence-electron chi connectivity index (χ0n) is 18.2. The molecule has 1 N–H and O–H groups in total. The minimum atomic E-state index is -3.67. The van der Waals surface area contributed by atoms with E-state index in [-0.39, 0.29) is 29.9 Å². The van der Waals surface area contributed by atoms with Crippen LogP contribution >= 0.6 is 11.6 Å². The van der Waals surface area contributed by atoms with Crippen LogP contribution in [0.15, 0.2) is 58.4 Å². The quantitative estimate of drug-likeness (QED) is 0.574. The van der Waals surface area contributed by atoms with E-state index in [1.165, 1.54) is 27.2 Å². The molecular weight excluding hydrogens is 464 g/mol. The fourth-order valence-corrected chi connectivity index (χ4v) is 6.03. The third kappa shape index (κ3) is 4.95. The van der Waals surface area contributed by atoms with Crippen LogP contribution in [0.1, 0.15) is 31.7 Å². The molecule has 33 heavy (non-hydrogen) atoms. The number of nitrogens with zero attached hydrogens (tertiary/aromatic N) is 3. The molecule has 174 valence electrons. The number of carbonyl (C=O) groups is 1. The van der Waals surface area contributed by atoms with E-state index in [2.05, 4.69) is 10.3 Å². The van der Waals surface area contributed by atoms with Crippen molar-refractivity contribution in [1.29, 1.82) is 0 Å². The van der Waals surface area contributed by atoms with E-state index in [0.717, 1.165) is 24.8 Å². The Morgan fingerprint density at radius 1 is 1.21 bits per heavy atom. The summed E-state index contributed by atoms with van der Waals surface area (Å²) in [6.45, 7) is 2.38. The van der Waals surface area contributed by atoms with E-state index in [1.54, 1.807) is 24.3 Å². The highest BCUT2D eigenvalue weighted by Gasteiger charge is 2.31. The van der Waals surface area contributed by atoms with Gasteiger partial charge in [-0.1, -0.05) is 36.2 Å². The maximum Gasteiger partial charge on any atom is 0.348 e. The molecule has 0 spiro atoms. The summed E-state index contributed by atoms with van der Waals surface area (Å²) >= 11 is 6.12. The number of halogens is 1. The number of piperidine rings is 1. The summed E-state index contributed by atoms with van der Waals surface area (Å²) in [6, 6.07) is 11.7. The van der Waals surface area contributed by atoms with E-state index in [0.29, 0.717) is 22.5 Å². The van der Waals surface area contributed by atoms with Gasteiger partial charge in [0.05, 0.1) is 10.4 Å². The number of fused-ring (bicyclic) bond motifs is 1. The molecule has 1 aromatic heterocycles. The molecule has 0 unspecified atom stereocenters. The van der Waals surface area contributed by atoms with Crippen LogP contribution in [-0.4, -0.2) is 40.8 Å². The Balaban J connectivity index is 1.58. The van der Waals surface area contributed by atoms with Gasteiger partial charge in [-0.2, -0.15) is 4.31 Å². The van der Waals surface area contributed by atoms with Gasteiger partial charge in [-0.25, -0.2) is 18.2 Å².